The van der Waals surface area contributed by atoms with E-state index < -0.39 is 5.67 Å². The van der Waals surface area contributed by atoms with E-state index in [2.05, 4.69) is 0 Å². The number of rotatable bonds is 3. The molecule has 1 aromatic rings. The SMILES string of the molecule is NCC(F)(c1ccccc1)C1CCC1. The average molecular weight is 193 g/mol. The van der Waals surface area contributed by atoms with E-state index in [9.17, 15) is 4.39 Å². The molecule has 1 unspecified atom stereocenters. The molecular weight excluding hydrogens is 177 g/mol. The van der Waals surface area contributed by atoms with Crippen LogP contribution in [0, 0.1) is 5.92 Å². The molecule has 1 fully saturated rings. The molecule has 1 aromatic carbocycles. The molecule has 2 N–H and O–H groups in total. The molecule has 1 nitrogen and oxygen atoms in total. The minimum Gasteiger partial charge on any atom is -0.327 e. The lowest BCUT2D eigenvalue weighted by molar-refractivity contribution is 0.0364. The van der Waals surface area contributed by atoms with Gasteiger partial charge in [0.1, 0.15) is 0 Å². The van der Waals surface area contributed by atoms with Gasteiger partial charge >= 0.3 is 0 Å². The summed E-state index contributed by atoms with van der Waals surface area (Å²) in [4.78, 5) is 0. The van der Waals surface area contributed by atoms with Gasteiger partial charge < -0.3 is 5.73 Å². The highest BCUT2D eigenvalue weighted by Crippen LogP contribution is 2.44. The zero-order chi connectivity index (χ0) is 10.0. The van der Waals surface area contributed by atoms with Gasteiger partial charge in [-0.25, -0.2) is 4.39 Å². The van der Waals surface area contributed by atoms with Crippen molar-refractivity contribution in [3.63, 3.8) is 0 Å². The van der Waals surface area contributed by atoms with Crippen molar-refractivity contribution in [2.45, 2.75) is 24.9 Å². The molecule has 1 atom stereocenters. The first-order chi connectivity index (χ1) is 6.77. The summed E-state index contributed by atoms with van der Waals surface area (Å²) in [5, 5.41) is 0. The van der Waals surface area contributed by atoms with Crippen molar-refractivity contribution in [1.29, 1.82) is 0 Å². The molecule has 0 bridgehead atoms. The number of hydrogen-bond acceptors (Lipinski definition) is 1. The zero-order valence-electron chi connectivity index (χ0n) is 8.25. The van der Waals surface area contributed by atoms with Crippen LogP contribution in [0.5, 0.6) is 0 Å². The van der Waals surface area contributed by atoms with Crippen LogP contribution in [-0.2, 0) is 5.67 Å². The van der Waals surface area contributed by atoms with Crippen LogP contribution in [0.3, 0.4) is 0 Å². The Morgan fingerprint density at radius 3 is 2.36 bits per heavy atom. The van der Waals surface area contributed by atoms with Crippen LogP contribution in [0.1, 0.15) is 24.8 Å². The lowest BCUT2D eigenvalue weighted by Gasteiger charge is -2.39. The number of benzene rings is 1. The predicted octanol–water partition coefficient (Wildman–Crippen LogP) is 2.61. The molecule has 2 heteroatoms. The number of nitrogens with two attached hydrogens (primary N) is 1. The Morgan fingerprint density at radius 1 is 1.29 bits per heavy atom. The molecule has 1 saturated carbocycles. The highest BCUT2D eigenvalue weighted by Gasteiger charge is 2.42. The summed E-state index contributed by atoms with van der Waals surface area (Å²) >= 11 is 0. The maximum absolute atomic E-state index is 14.6. The molecule has 0 heterocycles. The summed E-state index contributed by atoms with van der Waals surface area (Å²) in [5.74, 6) is 0.134. The molecule has 0 radical (unpaired) electrons. The highest BCUT2D eigenvalue weighted by atomic mass is 19.1. The van der Waals surface area contributed by atoms with Crippen LogP contribution < -0.4 is 5.73 Å². The predicted molar refractivity (Wildman–Crippen MR) is 55.6 cm³/mol. The zero-order valence-corrected chi connectivity index (χ0v) is 8.25. The van der Waals surface area contributed by atoms with Crippen LogP contribution >= 0.6 is 0 Å². The van der Waals surface area contributed by atoms with Gasteiger partial charge in [-0.2, -0.15) is 0 Å². The minimum atomic E-state index is -1.29. The fraction of sp³-hybridized carbons (Fsp3) is 0.500. The normalized spacial score (nSPS) is 21.3. The van der Waals surface area contributed by atoms with E-state index >= 15 is 0 Å². The third-order valence-corrected chi connectivity index (χ3v) is 3.30. The van der Waals surface area contributed by atoms with Crippen LogP contribution in [0.25, 0.3) is 0 Å². The van der Waals surface area contributed by atoms with Crippen molar-refractivity contribution in [3.8, 4) is 0 Å². The Hall–Kier alpha value is -0.890. The summed E-state index contributed by atoms with van der Waals surface area (Å²) < 4.78 is 14.6. The maximum atomic E-state index is 14.6. The van der Waals surface area contributed by atoms with Gasteiger partial charge in [0, 0.05) is 6.54 Å². The van der Waals surface area contributed by atoms with Gasteiger partial charge in [-0.1, -0.05) is 36.8 Å². The third-order valence-electron chi connectivity index (χ3n) is 3.30. The van der Waals surface area contributed by atoms with Crippen molar-refractivity contribution >= 4 is 0 Å². The molecule has 0 aromatic heterocycles. The van der Waals surface area contributed by atoms with Gasteiger partial charge in [0.15, 0.2) is 5.67 Å². The Balaban J connectivity index is 2.27. The van der Waals surface area contributed by atoms with Crippen molar-refractivity contribution in [1.82, 2.24) is 0 Å². The van der Waals surface area contributed by atoms with Crippen LogP contribution in [0.15, 0.2) is 30.3 Å². The van der Waals surface area contributed by atoms with Gasteiger partial charge in [0.05, 0.1) is 0 Å². The number of alkyl halides is 1. The summed E-state index contributed by atoms with van der Waals surface area (Å²) in [6, 6.07) is 9.33. The first kappa shape index (κ1) is 9.66. The summed E-state index contributed by atoms with van der Waals surface area (Å²) in [5.41, 5.74) is 5.03. The highest BCUT2D eigenvalue weighted by molar-refractivity contribution is 5.24. The molecule has 1 aliphatic carbocycles. The van der Waals surface area contributed by atoms with Crippen molar-refractivity contribution < 1.29 is 4.39 Å². The van der Waals surface area contributed by atoms with Crippen molar-refractivity contribution in [3.05, 3.63) is 35.9 Å². The van der Waals surface area contributed by atoms with Gasteiger partial charge in [-0.15, -0.1) is 0 Å². The van der Waals surface area contributed by atoms with Crippen molar-refractivity contribution in [2.24, 2.45) is 11.7 Å². The molecule has 0 amide bonds. The Morgan fingerprint density at radius 2 is 1.93 bits per heavy atom. The standard InChI is InChI=1S/C12H16FN/c13-12(9-14,11-7-4-8-11)10-5-2-1-3-6-10/h1-3,5-6,11H,4,7-9,14H2. The molecule has 76 valence electrons. The topological polar surface area (TPSA) is 26.0 Å². The van der Waals surface area contributed by atoms with E-state index in [1.165, 1.54) is 0 Å². The molecule has 0 aliphatic heterocycles. The molecule has 2 rings (SSSR count). The fourth-order valence-corrected chi connectivity index (χ4v) is 2.10. The second-order valence-electron chi connectivity index (χ2n) is 4.06. The summed E-state index contributed by atoms with van der Waals surface area (Å²) in [7, 11) is 0. The summed E-state index contributed by atoms with van der Waals surface area (Å²) in [6.45, 7) is 0.0989. The van der Waals surface area contributed by atoms with Crippen LogP contribution in [0.4, 0.5) is 4.39 Å². The number of halogens is 1. The average Bonchev–Trinajstić information content (AvgIpc) is 2.16. The molecular formula is C12H16FN. The minimum absolute atomic E-state index is 0.0989. The van der Waals surface area contributed by atoms with E-state index in [-0.39, 0.29) is 12.5 Å². The lowest BCUT2D eigenvalue weighted by atomic mass is 9.71. The second kappa shape index (κ2) is 3.70. The van der Waals surface area contributed by atoms with Crippen LogP contribution in [0.2, 0.25) is 0 Å². The van der Waals surface area contributed by atoms with Crippen LogP contribution in [-0.4, -0.2) is 6.54 Å². The first-order valence-corrected chi connectivity index (χ1v) is 5.22. The van der Waals surface area contributed by atoms with E-state index in [1.54, 1.807) is 0 Å². The first-order valence-electron chi connectivity index (χ1n) is 5.22. The van der Waals surface area contributed by atoms with Gasteiger partial charge in [-0.05, 0) is 24.3 Å². The smallest absolute Gasteiger partial charge is 0.150 e. The van der Waals surface area contributed by atoms with E-state index in [1.807, 2.05) is 30.3 Å². The monoisotopic (exact) mass is 193 g/mol. The Labute approximate surface area is 84.1 Å². The Kier molecular flexibility index (Phi) is 2.55. The quantitative estimate of drug-likeness (QED) is 0.784. The largest absolute Gasteiger partial charge is 0.327 e. The molecule has 14 heavy (non-hydrogen) atoms. The maximum Gasteiger partial charge on any atom is 0.150 e. The van der Waals surface area contributed by atoms with E-state index in [0.717, 1.165) is 24.8 Å². The van der Waals surface area contributed by atoms with E-state index in [4.69, 9.17) is 5.73 Å². The molecule has 0 saturated heterocycles. The van der Waals surface area contributed by atoms with Crippen molar-refractivity contribution in [2.75, 3.05) is 6.54 Å². The number of hydrogen-bond donors (Lipinski definition) is 1. The van der Waals surface area contributed by atoms with E-state index in [0.29, 0.717) is 0 Å². The van der Waals surface area contributed by atoms with Gasteiger partial charge in [-0.3, -0.25) is 0 Å². The molecule has 0 spiro atoms. The third kappa shape index (κ3) is 1.44. The lowest BCUT2D eigenvalue weighted by Crippen LogP contribution is -2.41. The fourth-order valence-electron chi connectivity index (χ4n) is 2.10. The van der Waals surface area contributed by atoms with Gasteiger partial charge in [0.25, 0.3) is 0 Å². The summed E-state index contributed by atoms with van der Waals surface area (Å²) in [6.07, 6.45) is 3.09. The molecule has 1 aliphatic rings. The second-order valence-corrected chi connectivity index (χ2v) is 4.06. The van der Waals surface area contributed by atoms with Gasteiger partial charge in [0.2, 0.25) is 0 Å². The Bertz CT molecular complexity index is 294.